The number of amides is 1. The number of ether oxygens (including phenoxy) is 2. The minimum absolute atomic E-state index is 0.00852. The van der Waals surface area contributed by atoms with Crippen LogP contribution in [0.3, 0.4) is 0 Å². The maximum atomic E-state index is 12.0. The van der Waals surface area contributed by atoms with Crippen molar-refractivity contribution in [3.63, 3.8) is 0 Å². The van der Waals surface area contributed by atoms with Crippen LogP contribution in [0.4, 0.5) is 4.79 Å². The molecule has 0 spiro atoms. The summed E-state index contributed by atoms with van der Waals surface area (Å²) in [6, 6.07) is 5.04. The highest BCUT2D eigenvalue weighted by molar-refractivity contribution is 5.84. The first-order valence-electron chi connectivity index (χ1n) is 8.99. The van der Waals surface area contributed by atoms with Gasteiger partial charge in [-0.15, -0.1) is 0 Å². The van der Waals surface area contributed by atoms with E-state index in [9.17, 15) is 14.4 Å². The number of esters is 1. The Labute approximate surface area is 156 Å². The van der Waals surface area contributed by atoms with Gasteiger partial charge in [-0.1, -0.05) is 0 Å². The highest BCUT2D eigenvalue weighted by atomic mass is 16.6. The number of alkyl carbamates (subject to hydrolysis) is 1. The molecule has 3 rings (SSSR count). The Bertz CT molecular complexity index is 938. The van der Waals surface area contributed by atoms with E-state index >= 15 is 0 Å². The van der Waals surface area contributed by atoms with Crippen LogP contribution >= 0.6 is 0 Å². The zero-order valence-electron chi connectivity index (χ0n) is 15.7. The third-order valence-electron chi connectivity index (χ3n) is 4.17. The number of aryl methyl sites for hydroxylation is 1. The number of carbonyl (C=O) groups excluding carboxylic acids is 2. The Morgan fingerprint density at radius 2 is 1.93 bits per heavy atom. The first-order valence-corrected chi connectivity index (χ1v) is 8.99. The number of fused-ring (bicyclic) bond motifs is 3. The molecule has 1 aliphatic rings. The van der Waals surface area contributed by atoms with Crippen molar-refractivity contribution in [3.8, 4) is 5.75 Å². The molecule has 0 radical (unpaired) electrons. The predicted molar refractivity (Wildman–Crippen MR) is 99.0 cm³/mol. The van der Waals surface area contributed by atoms with Gasteiger partial charge in [-0.05, 0) is 57.7 Å². The largest absolute Gasteiger partial charge is 0.444 e. The quantitative estimate of drug-likeness (QED) is 0.503. The van der Waals surface area contributed by atoms with Crippen LogP contribution in [0, 0.1) is 0 Å². The highest BCUT2D eigenvalue weighted by Gasteiger charge is 2.20. The molecule has 0 aliphatic heterocycles. The summed E-state index contributed by atoms with van der Waals surface area (Å²) in [4.78, 5) is 35.5. The minimum Gasteiger partial charge on any atom is -0.444 e. The average Bonchev–Trinajstić information content (AvgIpc) is 3.03. The van der Waals surface area contributed by atoms with Crippen molar-refractivity contribution in [2.24, 2.45) is 0 Å². The van der Waals surface area contributed by atoms with Crippen LogP contribution in [-0.2, 0) is 22.4 Å². The molecule has 7 heteroatoms. The van der Waals surface area contributed by atoms with Crippen molar-refractivity contribution >= 4 is 23.0 Å². The highest BCUT2D eigenvalue weighted by Crippen LogP contribution is 2.29. The maximum Gasteiger partial charge on any atom is 0.407 e. The number of nitrogens with one attached hydrogen (secondary N) is 1. The lowest BCUT2D eigenvalue weighted by Gasteiger charge is -2.19. The van der Waals surface area contributed by atoms with Crippen molar-refractivity contribution < 1.29 is 23.5 Å². The molecule has 7 nitrogen and oxygen atoms in total. The lowest BCUT2D eigenvalue weighted by atomic mass is 10.1. The summed E-state index contributed by atoms with van der Waals surface area (Å²) in [5, 5.41) is 3.38. The smallest absolute Gasteiger partial charge is 0.407 e. The first kappa shape index (κ1) is 18.9. The minimum atomic E-state index is -0.597. The standard InChI is InChI=1S/C20H23NO6/c1-20(2,3)27-19(24)21-10-9-17(22)25-12-7-8-14-13-5-4-6-15(13)18(23)26-16(14)11-12/h7-8,11H,4-6,9-10H2,1-3H3,(H,21,24). The topological polar surface area (TPSA) is 94.8 Å². The van der Waals surface area contributed by atoms with Crippen molar-refractivity contribution in [1.29, 1.82) is 0 Å². The third-order valence-corrected chi connectivity index (χ3v) is 4.17. The number of hydrogen-bond donors (Lipinski definition) is 1. The molecule has 27 heavy (non-hydrogen) atoms. The second-order valence-electron chi connectivity index (χ2n) is 7.51. The molecule has 0 bridgehead atoms. The van der Waals surface area contributed by atoms with E-state index in [2.05, 4.69) is 5.32 Å². The second-order valence-corrected chi connectivity index (χ2v) is 7.51. The molecular weight excluding hydrogens is 350 g/mol. The second kappa shape index (κ2) is 7.42. The van der Waals surface area contributed by atoms with Crippen molar-refractivity contribution in [3.05, 3.63) is 39.7 Å². The van der Waals surface area contributed by atoms with Gasteiger partial charge in [-0.3, -0.25) is 4.79 Å². The SMILES string of the molecule is CC(C)(C)OC(=O)NCCC(=O)Oc1ccc2c3c(c(=O)oc2c1)CCC3. The molecule has 1 aromatic heterocycles. The molecule has 0 saturated heterocycles. The Balaban J connectivity index is 1.60. The number of hydrogen-bond acceptors (Lipinski definition) is 6. The maximum absolute atomic E-state index is 12.0. The van der Waals surface area contributed by atoms with E-state index in [4.69, 9.17) is 13.9 Å². The molecule has 2 aromatic rings. The summed E-state index contributed by atoms with van der Waals surface area (Å²) in [5.74, 6) is -0.209. The summed E-state index contributed by atoms with van der Waals surface area (Å²) >= 11 is 0. The van der Waals surface area contributed by atoms with Gasteiger partial charge >= 0.3 is 17.7 Å². The van der Waals surface area contributed by atoms with Crippen LogP contribution in [0.15, 0.2) is 27.4 Å². The van der Waals surface area contributed by atoms with Crippen LogP contribution in [-0.4, -0.2) is 24.2 Å². The van der Waals surface area contributed by atoms with E-state index in [1.807, 2.05) is 6.07 Å². The Hall–Kier alpha value is -2.83. The fourth-order valence-corrected chi connectivity index (χ4v) is 3.09. The molecule has 0 unspecified atom stereocenters. The fourth-order valence-electron chi connectivity index (χ4n) is 3.09. The zero-order chi connectivity index (χ0) is 19.6. The van der Waals surface area contributed by atoms with Crippen LogP contribution in [0.1, 0.15) is 44.7 Å². The lowest BCUT2D eigenvalue weighted by molar-refractivity contribution is -0.134. The molecule has 0 atom stereocenters. The molecule has 1 N–H and O–H groups in total. The van der Waals surface area contributed by atoms with Crippen molar-refractivity contribution in [2.75, 3.05) is 6.54 Å². The summed E-state index contributed by atoms with van der Waals surface area (Å²) in [6.45, 7) is 5.38. The van der Waals surface area contributed by atoms with Crippen molar-refractivity contribution in [2.45, 2.75) is 52.1 Å². The van der Waals surface area contributed by atoms with Crippen LogP contribution in [0.25, 0.3) is 11.0 Å². The number of benzene rings is 1. The van der Waals surface area contributed by atoms with Gasteiger partial charge in [-0.25, -0.2) is 9.59 Å². The Morgan fingerprint density at radius 3 is 2.67 bits per heavy atom. The van der Waals surface area contributed by atoms with Gasteiger partial charge in [0.2, 0.25) is 0 Å². The first-order chi connectivity index (χ1) is 12.7. The molecule has 1 aromatic carbocycles. The molecule has 0 fully saturated rings. The number of carbonyl (C=O) groups is 2. The third kappa shape index (κ3) is 4.67. The summed E-state index contributed by atoms with van der Waals surface area (Å²) < 4.78 is 15.7. The molecule has 144 valence electrons. The van der Waals surface area contributed by atoms with E-state index in [0.29, 0.717) is 11.3 Å². The van der Waals surface area contributed by atoms with Gasteiger partial charge < -0.3 is 19.2 Å². The van der Waals surface area contributed by atoms with E-state index in [1.54, 1.807) is 32.9 Å². The van der Waals surface area contributed by atoms with E-state index < -0.39 is 17.7 Å². The van der Waals surface area contributed by atoms with Crippen LogP contribution in [0.2, 0.25) is 0 Å². The van der Waals surface area contributed by atoms with Crippen LogP contribution in [0.5, 0.6) is 5.75 Å². The van der Waals surface area contributed by atoms with Gasteiger partial charge in [0.05, 0.1) is 6.42 Å². The van der Waals surface area contributed by atoms with Crippen LogP contribution < -0.4 is 15.7 Å². The normalized spacial score (nSPS) is 13.3. The number of rotatable bonds is 4. The zero-order valence-corrected chi connectivity index (χ0v) is 15.7. The lowest BCUT2D eigenvalue weighted by Crippen LogP contribution is -2.34. The molecule has 1 amide bonds. The molecule has 1 aliphatic carbocycles. The summed E-state index contributed by atoms with van der Waals surface area (Å²) in [7, 11) is 0. The predicted octanol–water partition coefficient (Wildman–Crippen LogP) is 3.10. The van der Waals surface area contributed by atoms with Gasteiger partial charge in [-0.2, -0.15) is 0 Å². The van der Waals surface area contributed by atoms with E-state index in [1.165, 1.54) is 0 Å². The van der Waals surface area contributed by atoms with Gasteiger partial charge in [0.1, 0.15) is 16.9 Å². The molecular formula is C20H23NO6. The molecule has 1 heterocycles. The molecule has 0 saturated carbocycles. The van der Waals surface area contributed by atoms with Gasteiger partial charge in [0.15, 0.2) is 0 Å². The fraction of sp³-hybridized carbons (Fsp3) is 0.450. The Kier molecular flexibility index (Phi) is 5.21. The summed E-state index contributed by atoms with van der Waals surface area (Å²) in [6.07, 6.45) is 1.95. The van der Waals surface area contributed by atoms with E-state index in [0.717, 1.165) is 35.8 Å². The monoisotopic (exact) mass is 373 g/mol. The summed E-state index contributed by atoms with van der Waals surface area (Å²) in [5.41, 5.74) is 1.28. The van der Waals surface area contributed by atoms with Gasteiger partial charge in [0, 0.05) is 23.6 Å². The van der Waals surface area contributed by atoms with Crippen molar-refractivity contribution in [1.82, 2.24) is 5.32 Å². The Morgan fingerprint density at radius 1 is 1.19 bits per heavy atom. The van der Waals surface area contributed by atoms with Gasteiger partial charge in [0.25, 0.3) is 0 Å². The van der Waals surface area contributed by atoms with E-state index in [-0.39, 0.29) is 18.6 Å². The average molecular weight is 373 g/mol.